The predicted octanol–water partition coefficient (Wildman–Crippen LogP) is 5.24. The first-order chi connectivity index (χ1) is 13.0. The van der Waals surface area contributed by atoms with Gasteiger partial charge in [-0.1, -0.05) is 68.1 Å². The van der Waals surface area contributed by atoms with Gasteiger partial charge in [0.25, 0.3) is 0 Å². The van der Waals surface area contributed by atoms with Gasteiger partial charge in [-0.2, -0.15) is 10.5 Å². The molecule has 4 nitrogen and oxygen atoms in total. The molecule has 2 rings (SSSR count). The Labute approximate surface area is 160 Å². The molecule has 0 amide bonds. The van der Waals surface area contributed by atoms with Gasteiger partial charge in [-0.25, -0.2) is 9.97 Å². The summed E-state index contributed by atoms with van der Waals surface area (Å²) in [6, 6.07) is 13.6. The molecule has 0 fully saturated rings. The summed E-state index contributed by atoms with van der Waals surface area (Å²) in [5, 5.41) is 18.9. The number of nitrogens with zero attached hydrogens (tertiary/aromatic N) is 4. The van der Waals surface area contributed by atoms with Crippen molar-refractivity contribution in [3.8, 4) is 23.4 Å². The van der Waals surface area contributed by atoms with E-state index in [2.05, 4.69) is 30.4 Å². The molecule has 4 heteroatoms. The lowest BCUT2D eigenvalue weighted by molar-refractivity contribution is 0.529. The van der Waals surface area contributed by atoms with E-state index in [1.165, 1.54) is 0 Å². The van der Waals surface area contributed by atoms with E-state index in [0.29, 0.717) is 11.4 Å². The first kappa shape index (κ1) is 19.8. The standard InChI is InChI=1S/C23H22N4/c1-5-11-18(12-6-2)23(4,7-3)22-21(17-13-9-8-10-14-17)26-19(15-24)20(16-25)27-22/h5-6,8-14H,1,7H2,2-4H3/b12-6-,18-11+. The molecule has 0 N–H and O–H groups in total. The van der Waals surface area contributed by atoms with Crippen LogP contribution in [0.3, 0.4) is 0 Å². The average molecular weight is 354 g/mol. The second kappa shape index (κ2) is 8.74. The number of rotatable bonds is 6. The van der Waals surface area contributed by atoms with Crippen LogP contribution < -0.4 is 0 Å². The van der Waals surface area contributed by atoms with Gasteiger partial charge in [0, 0.05) is 11.0 Å². The summed E-state index contributed by atoms with van der Waals surface area (Å²) >= 11 is 0. The van der Waals surface area contributed by atoms with Crippen LogP contribution in [0.2, 0.25) is 0 Å². The minimum Gasteiger partial charge on any atom is -0.236 e. The highest BCUT2D eigenvalue weighted by Crippen LogP contribution is 2.40. The Kier molecular flexibility index (Phi) is 6.41. The fourth-order valence-electron chi connectivity index (χ4n) is 3.01. The highest BCUT2D eigenvalue weighted by molar-refractivity contribution is 5.66. The number of benzene rings is 1. The minimum atomic E-state index is -0.502. The quantitative estimate of drug-likeness (QED) is 0.665. The smallest absolute Gasteiger partial charge is 0.177 e. The Morgan fingerprint density at radius 3 is 2.30 bits per heavy atom. The number of hydrogen-bond donors (Lipinski definition) is 0. The van der Waals surface area contributed by atoms with E-state index in [4.69, 9.17) is 0 Å². The van der Waals surface area contributed by atoms with Crippen LogP contribution in [0.5, 0.6) is 0 Å². The van der Waals surface area contributed by atoms with Crippen LogP contribution in [-0.2, 0) is 5.41 Å². The molecule has 0 bridgehead atoms. The lowest BCUT2D eigenvalue weighted by Gasteiger charge is -2.31. The van der Waals surface area contributed by atoms with Gasteiger partial charge < -0.3 is 0 Å². The Morgan fingerprint density at radius 1 is 1.15 bits per heavy atom. The monoisotopic (exact) mass is 354 g/mol. The highest BCUT2D eigenvalue weighted by atomic mass is 14.9. The first-order valence-corrected chi connectivity index (χ1v) is 8.79. The highest BCUT2D eigenvalue weighted by Gasteiger charge is 2.34. The zero-order chi connectivity index (χ0) is 19.9. The number of nitriles is 2. The van der Waals surface area contributed by atoms with Crippen LogP contribution in [0.1, 0.15) is 44.3 Å². The van der Waals surface area contributed by atoms with Gasteiger partial charge in [0.05, 0.1) is 11.4 Å². The molecule has 1 aromatic heterocycles. The zero-order valence-corrected chi connectivity index (χ0v) is 15.9. The molecule has 1 aromatic carbocycles. The maximum Gasteiger partial charge on any atom is 0.177 e. The van der Waals surface area contributed by atoms with E-state index in [9.17, 15) is 10.5 Å². The minimum absolute atomic E-state index is 0.0406. The molecule has 0 spiro atoms. The summed E-state index contributed by atoms with van der Waals surface area (Å²) in [4.78, 5) is 9.14. The molecule has 1 atom stereocenters. The van der Waals surface area contributed by atoms with Crippen molar-refractivity contribution in [1.29, 1.82) is 10.5 Å². The molecule has 0 saturated carbocycles. The van der Waals surface area contributed by atoms with E-state index >= 15 is 0 Å². The van der Waals surface area contributed by atoms with Crippen molar-refractivity contribution in [1.82, 2.24) is 9.97 Å². The van der Waals surface area contributed by atoms with Crippen LogP contribution >= 0.6 is 0 Å². The topological polar surface area (TPSA) is 73.4 Å². The lowest BCUT2D eigenvalue weighted by Crippen LogP contribution is -2.27. The number of hydrogen-bond acceptors (Lipinski definition) is 4. The van der Waals surface area contributed by atoms with Gasteiger partial charge in [-0.05, 0) is 25.8 Å². The Balaban J connectivity index is 2.92. The molecule has 27 heavy (non-hydrogen) atoms. The first-order valence-electron chi connectivity index (χ1n) is 8.79. The molecule has 0 aliphatic carbocycles. The van der Waals surface area contributed by atoms with E-state index in [-0.39, 0.29) is 11.4 Å². The summed E-state index contributed by atoms with van der Waals surface area (Å²) in [6.45, 7) is 9.92. The number of allylic oxidation sites excluding steroid dienone is 5. The Hall–Kier alpha value is -3.50. The molecule has 0 aliphatic heterocycles. The van der Waals surface area contributed by atoms with E-state index in [0.717, 1.165) is 17.6 Å². The lowest BCUT2D eigenvalue weighted by atomic mass is 9.74. The van der Waals surface area contributed by atoms with Crippen LogP contribution in [0.25, 0.3) is 11.3 Å². The second-order valence-corrected chi connectivity index (χ2v) is 6.25. The van der Waals surface area contributed by atoms with Gasteiger partial charge in [-0.3, -0.25) is 0 Å². The SMILES string of the molecule is C=C/C=C(\C=C/C)C(C)(CC)c1nc(C#N)c(C#N)nc1-c1ccccc1. The van der Waals surface area contributed by atoms with Crippen molar-refractivity contribution in [2.45, 2.75) is 32.6 Å². The molecule has 0 aliphatic rings. The molecule has 1 unspecified atom stereocenters. The molecule has 1 heterocycles. The zero-order valence-electron chi connectivity index (χ0n) is 15.9. The summed E-state index contributed by atoms with van der Waals surface area (Å²) in [7, 11) is 0. The number of aromatic nitrogens is 2. The van der Waals surface area contributed by atoms with Crippen molar-refractivity contribution >= 4 is 0 Å². The van der Waals surface area contributed by atoms with E-state index in [1.807, 2.05) is 67.6 Å². The maximum atomic E-state index is 9.47. The summed E-state index contributed by atoms with van der Waals surface area (Å²) in [6.07, 6.45) is 8.42. The van der Waals surface area contributed by atoms with Gasteiger partial charge in [-0.15, -0.1) is 0 Å². The van der Waals surface area contributed by atoms with Crippen LogP contribution in [0.4, 0.5) is 0 Å². The predicted molar refractivity (Wildman–Crippen MR) is 108 cm³/mol. The van der Waals surface area contributed by atoms with Crippen LogP contribution in [-0.4, -0.2) is 9.97 Å². The molecular weight excluding hydrogens is 332 g/mol. The fraction of sp³-hybridized carbons (Fsp3) is 0.217. The normalized spacial score (nSPS) is 13.6. The molecule has 2 aromatic rings. The molecular formula is C23H22N4. The van der Waals surface area contributed by atoms with Crippen molar-refractivity contribution in [2.24, 2.45) is 0 Å². The Bertz CT molecular complexity index is 972. The summed E-state index contributed by atoms with van der Waals surface area (Å²) < 4.78 is 0. The van der Waals surface area contributed by atoms with Crippen molar-refractivity contribution < 1.29 is 0 Å². The Morgan fingerprint density at radius 2 is 1.78 bits per heavy atom. The second-order valence-electron chi connectivity index (χ2n) is 6.25. The van der Waals surface area contributed by atoms with Gasteiger partial charge >= 0.3 is 0 Å². The fourth-order valence-corrected chi connectivity index (χ4v) is 3.01. The van der Waals surface area contributed by atoms with E-state index in [1.54, 1.807) is 6.08 Å². The third-order valence-electron chi connectivity index (χ3n) is 4.67. The van der Waals surface area contributed by atoms with Crippen LogP contribution in [0, 0.1) is 22.7 Å². The molecule has 0 radical (unpaired) electrons. The van der Waals surface area contributed by atoms with Crippen molar-refractivity contribution in [2.75, 3.05) is 0 Å². The van der Waals surface area contributed by atoms with Crippen LogP contribution in [0.15, 0.2) is 66.8 Å². The molecule has 134 valence electrons. The maximum absolute atomic E-state index is 9.47. The van der Waals surface area contributed by atoms with Crippen molar-refractivity contribution in [3.63, 3.8) is 0 Å². The van der Waals surface area contributed by atoms with Gasteiger partial charge in [0.15, 0.2) is 11.4 Å². The molecule has 0 saturated heterocycles. The third-order valence-corrected chi connectivity index (χ3v) is 4.67. The van der Waals surface area contributed by atoms with Gasteiger partial charge in [0.2, 0.25) is 0 Å². The third kappa shape index (κ3) is 3.86. The average Bonchev–Trinajstić information content (AvgIpc) is 2.72. The van der Waals surface area contributed by atoms with E-state index < -0.39 is 5.41 Å². The van der Waals surface area contributed by atoms with Crippen molar-refractivity contribution in [3.05, 3.63) is 83.9 Å². The van der Waals surface area contributed by atoms with Gasteiger partial charge in [0.1, 0.15) is 12.1 Å². The largest absolute Gasteiger partial charge is 0.236 e. The summed E-state index contributed by atoms with van der Waals surface area (Å²) in [5.74, 6) is 0. The summed E-state index contributed by atoms with van der Waals surface area (Å²) in [5.41, 5.74) is 2.76.